The third-order valence-electron chi connectivity index (χ3n) is 4.15. The molecular formula is C16H19ClN2. The minimum absolute atomic E-state index is 0.574. The maximum Gasteiger partial charge on any atom is 0.0705 e. The minimum atomic E-state index is 0.574. The molecule has 1 N–H and O–H groups in total. The van der Waals surface area contributed by atoms with Gasteiger partial charge in [-0.15, -0.1) is 11.6 Å². The third kappa shape index (κ3) is 2.75. The molecule has 19 heavy (non-hydrogen) atoms. The first-order chi connectivity index (χ1) is 9.38. The summed E-state index contributed by atoms with van der Waals surface area (Å²) in [6.07, 6.45) is 5.71. The van der Waals surface area contributed by atoms with Gasteiger partial charge in [0.2, 0.25) is 0 Å². The molecule has 0 aliphatic heterocycles. The van der Waals surface area contributed by atoms with Crippen LogP contribution in [0.4, 0.5) is 0 Å². The highest BCUT2D eigenvalue weighted by atomic mass is 35.5. The lowest BCUT2D eigenvalue weighted by Crippen LogP contribution is -2.32. The van der Waals surface area contributed by atoms with Gasteiger partial charge in [-0.1, -0.05) is 24.6 Å². The van der Waals surface area contributed by atoms with Crippen molar-refractivity contribution in [3.8, 4) is 0 Å². The van der Waals surface area contributed by atoms with Crippen molar-refractivity contribution >= 4 is 22.5 Å². The zero-order valence-corrected chi connectivity index (χ0v) is 11.7. The lowest BCUT2D eigenvalue weighted by molar-refractivity contribution is 0.430. The van der Waals surface area contributed by atoms with Crippen LogP contribution in [-0.4, -0.2) is 16.9 Å². The van der Waals surface area contributed by atoms with Crippen LogP contribution in [0.15, 0.2) is 36.5 Å². The van der Waals surface area contributed by atoms with Crippen molar-refractivity contribution in [1.82, 2.24) is 10.3 Å². The van der Waals surface area contributed by atoms with Gasteiger partial charge in [0.1, 0.15) is 0 Å². The second-order valence-corrected chi connectivity index (χ2v) is 5.63. The van der Waals surface area contributed by atoms with Crippen molar-refractivity contribution in [1.29, 1.82) is 0 Å². The van der Waals surface area contributed by atoms with E-state index < -0.39 is 0 Å². The molecule has 2 nitrogen and oxygen atoms in total. The zero-order valence-electron chi connectivity index (χ0n) is 11.0. The molecular weight excluding hydrogens is 256 g/mol. The second kappa shape index (κ2) is 5.89. The third-order valence-corrected chi connectivity index (χ3v) is 4.55. The van der Waals surface area contributed by atoms with Crippen LogP contribution in [0.3, 0.4) is 0 Å². The molecule has 1 aromatic heterocycles. The number of para-hydroxylation sites is 1. The number of benzene rings is 1. The van der Waals surface area contributed by atoms with E-state index in [1.165, 1.54) is 30.2 Å². The molecule has 0 radical (unpaired) electrons. The van der Waals surface area contributed by atoms with Gasteiger partial charge < -0.3 is 5.32 Å². The van der Waals surface area contributed by atoms with Crippen molar-refractivity contribution in [2.24, 2.45) is 5.92 Å². The van der Waals surface area contributed by atoms with Gasteiger partial charge in [0.05, 0.1) is 5.52 Å². The molecule has 1 saturated carbocycles. The number of nitrogens with one attached hydrogen (secondary N) is 1. The normalized spacial score (nSPS) is 23.0. The molecule has 2 aromatic rings. The van der Waals surface area contributed by atoms with Crippen LogP contribution in [-0.2, 0) is 6.54 Å². The van der Waals surface area contributed by atoms with Crippen molar-refractivity contribution in [2.75, 3.05) is 5.88 Å². The maximum absolute atomic E-state index is 6.03. The summed E-state index contributed by atoms with van der Waals surface area (Å²) in [4.78, 5) is 4.40. The summed E-state index contributed by atoms with van der Waals surface area (Å²) in [5.41, 5.74) is 2.40. The average Bonchev–Trinajstić information content (AvgIpc) is 2.92. The molecule has 2 atom stereocenters. The fraction of sp³-hybridized carbons (Fsp3) is 0.438. The summed E-state index contributed by atoms with van der Waals surface area (Å²) >= 11 is 6.03. The molecule has 1 aliphatic carbocycles. The number of aromatic nitrogens is 1. The monoisotopic (exact) mass is 274 g/mol. The Balaban J connectivity index is 1.75. The summed E-state index contributed by atoms with van der Waals surface area (Å²) in [6, 6.07) is 11.0. The Morgan fingerprint density at radius 3 is 3.00 bits per heavy atom. The van der Waals surface area contributed by atoms with Crippen LogP contribution >= 0.6 is 11.6 Å². The first-order valence-corrected chi connectivity index (χ1v) is 7.54. The Bertz CT molecular complexity index is 550. The summed E-state index contributed by atoms with van der Waals surface area (Å²) in [7, 11) is 0. The van der Waals surface area contributed by atoms with Gasteiger partial charge in [-0.05, 0) is 36.5 Å². The predicted molar refractivity (Wildman–Crippen MR) is 80.4 cm³/mol. The molecule has 1 heterocycles. The van der Waals surface area contributed by atoms with E-state index >= 15 is 0 Å². The molecule has 0 amide bonds. The van der Waals surface area contributed by atoms with E-state index in [9.17, 15) is 0 Å². The van der Waals surface area contributed by atoms with Gasteiger partial charge in [-0.2, -0.15) is 0 Å². The highest BCUT2D eigenvalue weighted by molar-refractivity contribution is 6.18. The quantitative estimate of drug-likeness (QED) is 0.860. The number of pyridine rings is 1. The van der Waals surface area contributed by atoms with Gasteiger partial charge in [0, 0.05) is 30.0 Å². The smallest absolute Gasteiger partial charge is 0.0705 e. The number of hydrogen-bond acceptors (Lipinski definition) is 2. The number of hydrogen-bond donors (Lipinski definition) is 1. The highest BCUT2D eigenvalue weighted by Gasteiger charge is 2.25. The first-order valence-electron chi connectivity index (χ1n) is 7.00. The molecule has 1 aromatic carbocycles. The summed E-state index contributed by atoms with van der Waals surface area (Å²) in [5.74, 6) is 1.41. The first kappa shape index (κ1) is 12.9. The molecule has 1 aliphatic rings. The predicted octanol–water partition coefficient (Wildman–Crippen LogP) is 3.73. The van der Waals surface area contributed by atoms with Crippen molar-refractivity contribution in [3.05, 3.63) is 42.1 Å². The van der Waals surface area contributed by atoms with E-state index in [0.29, 0.717) is 12.0 Å². The van der Waals surface area contributed by atoms with E-state index in [1.807, 2.05) is 12.3 Å². The topological polar surface area (TPSA) is 24.9 Å². The molecule has 1 fully saturated rings. The van der Waals surface area contributed by atoms with Crippen molar-refractivity contribution in [2.45, 2.75) is 31.8 Å². The summed E-state index contributed by atoms with van der Waals surface area (Å²) < 4.78 is 0. The van der Waals surface area contributed by atoms with Gasteiger partial charge in [0.25, 0.3) is 0 Å². The minimum Gasteiger partial charge on any atom is -0.310 e. The standard InChI is InChI=1S/C16H19ClN2/c17-10-12-4-3-7-15(12)19-11-13-8-9-18-16-6-2-1-5-14(13)16/h1-2,5-6,8-9,12,15,19H,3-4,7,10-11H2. The molecule has 3 heteroatoms. The number of nitrogens with zero attached hydrogens (tertiary/aromatic N) is 1. The van der Waals surface area contributed by atoms with E-state index in [2.05, 4.69) is 34.6 Å². The Hall–Kier alpha value is -1.12. The Morgan fingerprint density at radius 1 is 1.21 bits per heavy atom. The van der Waals surface area contributed by atoms with Crippen LogP contribution in [0.25, 0.3) is 10.9 Å². The number of alkyl halides is 1. The van der Waals surface area contributed by atoms with Gasteiger partial charge >= 0.3 is 0 Å². The molecule has 0 saturated heterocycles. The molecule has 100 valence electrons. The Labute approximate surface area is 119 Å². The zero-order chi connectivity index (χ0) is 13.1. The van der Waals surface area contributed by atoms with Crippen LogP contribution in [0.1, 0.15) is 24.8 Å². The van der Waals surface area contributed by atoms with Crippen LogP contribution in [0.2, 0.25) is 0 Å². The molecule has 0 spiro atoms. The Kier molecular flexibility index (Phi) is 4.00. The SMILES string of the molecule is ClCC1CCCC1NCc1ccnc2ccccc12. The summed E-state index contributed by atoms with van der Waals surface area (Å²) in [5, 5.41) is 4.93. The van der Waals surface area contributed by atoms with E-state index in [-0.39, 0.29) is 0 Å². The summed E-state index contributed by atoms with van der Waals surface area (Å²) in [6.45, 7) is 0.904. The highest BCUT2D eigenvalue weighted by Crippen LogP contribution is 2.27. The number of rotatable bonds is 4. The second-order valence-electron chi connectivity index (χ2n) is 5.32. The molecule has 2 unspecified atom stereocenters. The van der Waals surface area contributed by atoms with Crippen LogP contribution in [0, 0.1) is 5.92 Å². The van der Waals surface area contributed by atoms with E-state index in [4.69, 9.17) is 11.6 Å². The van der Waals surface area contributed by atoms with Gasteiger partial charge in [-0.3, -0.25) is 4.98 Å². The fourth-order valence-electron chi connectivity index (χ4n) is 3.04. The molecule has 3 rings (SSSR count). The largest absolute Gasteiger partial charge is 0.310 e. The van der Waals surface area contributed by atoms with Crippen LogP contribution < -0.4 is 5.32 Å². The molecule has 0 bridgehead atoms. The lowest BCUT2D eigenvalue weighted by atomic mass is 10.0. The van der Waals surface area contributed by atoms with Crippen molar-refractivity contribution < 1.29 is 0 Å². The van der Waals surface area contributed by atoms with E-state index in [1.54, 1.807) is 0 Å². The van der Waals surface area contributed by atoms with Gasteiger partial charge in [-0.25, -0.2) is 0 Å². The fourth-order valence-corrected chi connectivity index (χ4v) is 3.41. The van der Waals surface area contributed by atoms with Crippen molar-refractivity contribution in [3.63, 3.8) is 0 Å². The average molecular weight is 275 g/mol. The lowest BCUT2D eigenvalue weighted by Gasteiger charge is -2.19. The van der Waals surface area contributed by atoms with Crippen LogP contribution in [0.5, 0.6) is 0 Å². The number of halogens is 1. The van der Waals surface area contributed by atoms with Gasteiger partial charge in [0.15, 0.2) is 0 Å². The van der Waals surface area contributed by atoms with E-state index in [0.717, 1.165) is 17.9 Å². The number of fused-ring (bicyclic) bond motifs is 1. The maximum atomic E-state index is 6.03. The Morgan fingerprint density at radius 2 is 2.11 bits per heavy atom.